The van der Waals surface area contributed by atoms with Crippen molar-refractivity contribution in [1.82, 2.24) is 4.90 Å². The summed E-state index contributed by atoms with van der Waals surface area (Å²) in [5, 5.41) is 2.87. The number of hydrogen-bond donors (Lipinski definition) is 0. The van der Waals surface area contributed by atoms with Crippen LogP contribution >= 0.6 is 22.9 Å². The SMILES string of the molecule is CC[N+](CC)(CCCCN(Cc1ccc2ccccc2c1)C(=O)c1sc2cccc(F)c2c1Cl)Cc1cc(C)cc(C)c1. The largest absolute Gasteiger partial charge is 0.334 e. The lowest BCUT2D eigenvalue weighted by Crippen LogP contribution is -2.47. The minimum Gasteiger partial charge on any atom is -0.334 e. The maximum atomic E-state index is 14.6. The van der Waals surface area contributed by atoms with Crippen molar-refractivity contribution in [2.75, 3.05) is 26.2 Å². The summed E-state index contributed by atoms with van der Waals surface area (Å²) < 4.78 is 16.4. The number of rotatable bonds is 12. The first-order chi connectivity index (χ1) is 20.7. The van der Waals surface area contributed by atoms with Crippen LogP contribution in [0.3, 0.4) is 0 Å². The Morgan fingerprint density at radius 3 is 2.28 bits per heavy atom. The van der Waals surface area contributed by atoms with Gasteiger partial charge in [0.1, 0.15) is 17.2 Å². The average Bonchev–Trinajstić information content (AvgIpc) is 3.34. The molecule has 0 saturated heterocycles. The second-order valence-electron chi connectivity index (χ2n) is 11.8. The van der Waals surface area contributed by atoms with Crippen molar-refractivity contribution >= 4 is 49.7 Å². The third-order valence-corrected chi connectivity index (χ3v) is 10.4. The summed E-state index contributed by atoms with van der Waals surface area (Å²) in [6.45, 7) is 14.2. The minimum atomic E-state index is -0.393. The van der Waals surface area contributed by atoms with E-state index in [0.717, 1.165) is 54.5 Å². The zero-order chi connectivity index (χ0) is 30.6. The summed E-state index contributed by atoms with van der Waals surface area (Å²) in [5.41, 5.74) is 5.07. The van der Waals surface area contributed by atoms with Gasteiger partial charge in [0.05, 0.1) is 24.7 Å². The predicted molar refractivity (Wildman–Crippen MR) is 181 cm³/mol. The lowest BCUT2D eigenvalue weighted by atomic mass is 10.1. The van der Waals surface area contributed by atoms with Crippen molar-refractivity contribution in [3.63, 3.8) is 0 Å². The summed E-state index contributed by atoms with van der Waals surface area (Å²) in [6, 6.07) is 26.3. The van der Waals surface area contributed by atoms with Gasteiger partial charge in [0, 0.05) is 28.7 Å². The van der Waals surface area contributed by atoms with Crippen LogP contribution in [0.4, 0.5) is 4.39 Å². The van der Waals surface area contributed by atoms with Crippen LogP contribution in [0.2, 0.25) is 5.02 Å². The highest BCUT2D eigenvalue weighted by molar-refractivity contribution is 7.21. The molecule has 224 valence electrons. The van der Waals surface area contributed by atoms with Crippen LogP contribution in [0.25, 0.3) is 20.9 Å². The van der Waals surface area contributed by atoms with E-state index < -0.39 is 5.82 Å². The number of carbonyl (C=O) groups excluding carboxylic acids is 1. The molecule has 3 nitrogen and oxygen atoms in total. The van der Waals surface area contributed by atoms with Gasteiger partial charge in [-0.2, -0.15) is 0 Å². The van der Waals surface area contributed by atoms with Crippen molar-refractivity contribution in [3.05, 3.63) is 117 Å². The number of aryl methyl sites for hydroxylation is 2. The van der Waals surface area contributed by atoms with E-state index in [2.05, 4.69) is 76.2 Å². The van der Waals surface area contributed by atoms with Crippen molar-refractivity contribution in [2.24, 2.45) is 0 Å². The standard InChI is InChI=1S/C37H41ClFN2OS/c1-5-41(6-2,25-29-21-26(3)20-27(4)22-29)19-10-9-18-40(24-28-16-17-30-12-7-8-13-31(30)23-28)37(42)36-35(38)34-32(39)14-11-15-33(34)43-36/h7-8,11-17,20-23H,5-6,9-10,18-19,24-25H2,1-4H3/q+1. The molecule has 0 atom stereocenters. The van der Waals surface area contributed by atoms with Gasteiger partial charge in [-0.05, 0) is 75.1 Å². The molecule has 0 aliphatic heterocycles. The highest BCUT2D eigenvalue weighted by Crippen LogP contribution is 2.38. The molecule has 1 amide bonds. The normalized spacial score (nSPS) is 11.9. The summed E-state index contributed by atoms with van der Waals surface area (Å²) in [4.78, 5) is 16.4. The molecule has 0 radical (unpaired) electrons. The number of unbranched alkanes of at least 4 members (excludes halogenated alkanes) is 1. The van der Waals surface area contributed by atoms with Gasteiger partial charge in [0.2, 0.25) is 0 Å². The Bertz CT molecular complexity index is 1720. The smallest absolute Gasteiger partial charge is 0.265 e. The van der Waals surface area contributed by atoms with Crippen molar-refractivity contribution in [1.29, 1.82) is 0 Å². The fourth-order valence-electron chi connectivity index (χ4n) is 6.30. The molecular weight excluding hydrogens is 575 g/mol. The number of nitrogens with zero attached hydrogens (tertiary/aromatic N) is 2. The fourth-order valence-corrected chi connectivity index (χ4v) is 7.82. The molecule has 0 bridgehead atoms. The topological polar surface area (TPSA) is 20.3 Å². The lowest BCUT2D eigenvalue weighted by Gasteiger charge is -2.37. The third-order valence-electron chi connectivity index (χ3n) is 8.73. The quantitative estimate of drug-likeness (QED) is 0.101. The van der Waals surface area contributed by atoms with Crippen LogP contribution in [-0.2, 0) is 13.1 Å². The summed E-state index contributed by atoms with van der Waals surface area (Å²) in [5.74, 6) is -0.531. The Morgan fingerprint density at radius 1 is 0.860 bits per heavy atom. The zero-order valence-corrected chi connectivity index (χ0v) is 27.2. The number of quaternary nitrogens is 1. The van der Waals surface area contributed by atoms with Gasteiger partial charge in [-0.15, -0.1) is 11.3 Å². The van der Waals surface area contributed by atoms with Crippen LogP contribution in [0.15, 0.2) is 78.9 Å². The van der Waals surface area contributed by atoms with E-state index in [-0.39, 0.29) is 10.9 Å². The van der Waals surface area contributed by atoms with E-state index in [1.54, 1.807) is 6.07 Å². The Morgan fingerprint density at radius 2 is 1.58 bits per heavy atom. The molecule has 0 fully saturated rings. The summed E-state index contributed by atoms with van der Waals surface area (Å²) in [6.07, 6.45) is 1.88. The zero-order valence-electron chi connectivity index (χ0n) is 25.6. The number of fused-ring (bicyclic) bond motifs is 2. The van der Waals surface area contributed by atoms with E-state index in [4.69, 9.17) is 11.6 Å². The van der Waals surface area contributed by atoms with Gasteiger partial charge < -0.3 is 9.38 Å². The number of hydrogen-bond acceptors (Lipinski definition) is 2. The second kappa shape index (κ2) is 13.6. The van der Waals surface area contributed by atoms with Crippen LogP contribution in [-0.4, -0.2) is 41.5 Å². The van der Waals surface area contributed by atoms with Crippen LogP contribution < -0.4 is 0 Å². The van der Waals surface area contributed by atoms with Gasteiger partial charge in [-0.3, -0.25) is 4.79 Å². The molecule has 0 aliphatic rings. The molecule has 6 heteroatoms. The van der Waals surface area contributed by atoms with E-state index in [9.17, 15) is 9.18 Å². The molecule has 1 heterocycles. The molecule has 5 aromatic rings. The molecule has 0 N–H and O–H groups in total. The lowest BCUT2D eigenvalue weighted by molar-refractivity contribution is -0.938. The van der Waals surface area contributed by atoms with E-state index in [1.807, 2.05) is 23.1 Å². The number of benzene rings is 4. The third kappa shape index (κ3) is 7.12. The van der Waals surface area contributed by atoms with Crippen LogP contribution in [0.1, 0.15) is 58.6 Å². The Kier molecular flexibility index (Phi) is 9.85. The Hall–Kier alpha value is -3.25. The number of amides is 1. The van der Waals surface area contributed by atoms with Gasteiger partial charge in [0.25, 0.3) is 5.91 Å². The minimum absolute atomic E-state index is 0.138. The van der Waals surface area contributed by atoms with Crippen LogP contribution in [0.5, 0.6) is 0 Å². The number of carbonyl (C=O) groups is 1. The van der Waals surface area contributed by atoms with Crippen molar-refractivity contribution in [3.8, 4) is 0 Å². The van der Waals surface area contributed by atoms with E-state index >= 15 is 0 Å². The molecule has 0 aliphatic carbocycles. The van der Waals surface area contributed by atoms with Gasteiger partial charge in [0.15, 0.2) is 0 Å². The summed E-state index contributed by atoms with van der Waals surface area (Å²) in [7, 11) is 0. The fraction of sp³-hybridized carbons (Fsp3) is 0.324. The maximum Gasteiger partial charge on any atom is 0.265 e. The molecule has 5 rings (SSSR count). The van der Waals surface area contributed by atoms with Gasteiger partial charge >= 0.3 is 0 Å². The molecule has 4 aromatic carbocycles. The monoisotopic (exact) mass is 615 g/mol. The molecule has 43 heavy (non-hydrogen) atoms. The average molecular weight is 616 g/mol. The van der Waals surface area contributed by atoms with E-state index in [1.165, 1.54) is 39.5 Å². The highest BCUT2D eigenvalue weighted by Gasteiger charge is 2.26. The maximum absolute atomic E-state index is 14.6. The van der Waals surface area contributed by atoms with Crippen LogP contribution in [0, 0.1) is 19.7 Å². The van der Waals surface area contributed by atoms with Crippen molar-refractivity contribution in [2.45, 2.75) is 53.6 Å². The summed E-state index contributed by atoms with van der Waals surface area (Å²) >= 11 is 7.94. The molecule has 1 aromatic heterocycles. The molecular formula is C37H41ClFN2OS+. The Labute approximate surface area is 264 Å². The number of thiophene rings is 1. The molecule has 0 unspecified atom stereocenters. The molecule has 0 spiro atoms. The predicted octanol–water partition coefficient (Wildman–Crippen LogP) is 9.94. The molecule has 0 saturated carbocycles. The van der Waals surface area contributed by atoms with Crippen molar-refractivity contribution < 1.29 is 13.7 Å². The number of halogens is 2. The van der Waals surface area contributed by atoms with E-state index in [0.29, 0.717) is 28.1 Å². The first-order valence-corrected chi connectivity index (χ1v) is 16.5. The van der Waals surface area contributed by atoms with Gasteiger partial charge in [-0.25, -0.2) is 4.39 Å². The first-order valence-electron chi connectivity index (χ1n) is 15.3. The first kappa shape index (κ1) is 31.2. The Balaban J connectivity index is 1.35. The van der Waals surface area contributed by atoms with Gasteiger partial charge in [-0.1, -0.05) is 83.4 Å². The second-order valence-corrected chi connectivity index (χ2v) is 13.3. The highest BCUT2D eigenvalue weighted by atomic mass is 35.5.